The second-order valence-electron chi connectivity index (χ2n) is 10.9. The van der Waals surface area contributed by atoms with E-state index in [0.29, 0.717) is 29.7 Å². The molecule has 0 saturated carbocycles. The minimum absolute atomic E-state index is 0.105. The minimum Gasteiger partial charge on any atom is -0.508 e. The third kappa shape index (κ3) is 5.61. The molecule has 4 atom stereocenters. The molecule has 2 aliphatic heterocycles. The smallest absolute Gasteiger partial charge is 0.326 e. The number of carboxylic acid groups (broad SMARTS) is 1. The fourth-order valence-corrected chi connectivity index (χ4v) is 5.15. The van der Waals surface area contributed by atoms with Crippen LogP contribution in [0.15, 0.2) is 29.4 Å². The summed E-state index contributed by atoms with van der Waals surface area (Å²) >= 11 is 0. The zero-order valence-corrected chi connectivity index (χ0v) is 22.4. The Kier molecular flexibility index (Phi) is 8.55. The first-order valence-corrected chi connectivity index (χ1v) is 13.0. The maximum absolute atomic E-state index is 13.2. The molecule has 1 amide bonds. The van der Waals surface area contributed by atoms with E-state index < -0.39 is 29.6 Å². The lowest BCUT2D eigenvalue weighted by atomic mass is 9.84. The molecule has 2 aliphatic rings. The number of aliphatic carboxylic acids is 1. The van der Waals surface area contributed by atoms with Crippen LogP contribution in [0.4, 0.5) is 0 Å². The molecule has 198 valence electrons. The molecule has 4 unspecified atom stereocenters. The van der Waals surface area contributed by atoms with Crippen molar-refractivity contribution in [2.45, 2.75) is 104 Å². The average molecular weight is 500 g/mol. The van der Waals surface area contributed by atoms with E-state index in [1.807, 2.05) is 20.8 Å². The molecule has 0 spiro atoms. The van der Waals surface area contributed by atoms with Crippen LogP contribution in [-0.2, 0) is 17.8 Å². The highest BCUT2D eigenvalue weighted by Gasteiger charge is 2.46. The fraction of sp³-hybridized carbons (Fsp3) is 0.586. The summed E-state index contributed by atoms with van der Waals surface area (Å²) in [7, 11) is 0. The van der Waals surface area contributed by atoms with Gasteiger partial charge in [-0.25, -0.2) is 4.79 Å². The molecule has 3 N–H and O–H groups in total. The molecule has 7 nitrogen and oxygen atoms in total. The number of carboxylic acids is 1. The highest BCUT2D eigenvalue weighted by atomic mass is 16.5. The summed E-state index contributed by atoms with van der Waals surface area (Å²) in [6.45, 7) is 12.0. The Bertz CT molecular complexity index is 1070. The molecule has 0 aliphatic carbocycles. The first-order chi connectivity index (χ1) is 16.9. The average Bonchev–Trinajstić information content (AvgIpc) is 3.10. The Labute approximate surface area is 214 Å². The number of carbonyl (C=O) groups is 2. The predicted octanol–water partition coefficient (Wildman–Crippen LogP) is 5.37. The van der Waals surface area contributed by atoms with E-state index >= 15 is 0 Å². The molecular weight excluding hydrogens is 458 g/mol. The van der Waals surface area contributed by atoms with Crippen molar-refractivity contribution in [3.63, 3.8) is 0 Å². The van der Waals surface area contributed by atoms with Crippen molar-refractivity contribution >= 4 is 11.9 Å². The zero-order chi connectivity index (χ0) is 26.8. The Balaban J connectivity index is 1.85. The van der Waals surface area contributed by atoms with Gasteiger partial charge >= 0.3 is 5.97 Å². The summed E-state index contributed by atoms with van der Waals surface area (Å²) in [6.07, 6.45) is 7.67. The van der Waals surface area contributed by atoms with Crippen molar-refractivity contribution in [1.29, 1.82) is 0 Å². The molecular formula is C29H41NO6. The van der Waals surface area contributed by atoms with Crippen LogP contribution in [0.25, 0.3) is 0 Å². The zero-order valence-electron chi connectivity index (χ0n) is 22.4. The standard InChI is InChI=1S/C29H41NO6/c1-7-19(5)25(28(34)35)30-16-22-20(27(30)33)14-23(31)21-15-24(32)29(6,36-26(21)22)13-9-12-18(4)11-8-10-17(2)3/h10,12,14,19,24-25,31-32H,7-9,11,13,15-16H2,1-6H3,(H,34,35). The number of phenols is 1. The minimum atomic E-state index is -1.04. The largest absolute Gasteiger partial charge is 0.508 e. The number of rotatable bonds is 10. The van der Waals surface area contributed by atoms with Crippen LogP contribution < -0.4 is 4.74 Å². The number of amides is 1. The quantitative estimate of drug-likeness (QED) is 0.373. The third-order valence-corrected chi connectivity index (χ3v) is 7.72. The molecule has 0 bridgehead atoms. The topological polar surface area (TPSA) is 107 Å². The van der Waals surface area contributed by atoms with Crippen LogP contribution in [0.5, 0.6) is 11.5 Å². The Morgan fingerprint density at radius 1 is 1.25 bits per heavy atom. The lowest BCUT2D eigenvalue weighted by Crippen LogP contribution is -2.49. The van der Waals surface area contributed by atoms with Gasteiger partial charge in [-0.05, 0) is 65.4 Å². The predicted molar refractivity (Wildman–Crippen MR) is 139 cm³/mol. The van der Waals surface area contributed by atoms with Crippen molar-refractivity contribution in [1.82, 2.24) is 4.90 Å². The molecule has 1 aromatic rings. The summed E-state index contributed by atoms with van der Waals surface area (Å²) in [5.41, 5.74) is 3.02. The van der Waals surface area contributed by atoms with Gasteiger partial charge in [-0.1, -0.05) is 43.6 Å². The number of allylic oxidation sites excluding steroid dienone is 4. The van der Waals surface area contributed by atoms with Crippen LogP contribution in [0, 0.1) is 5.92 Å². The van der Waals surface area contributed by atoms with Crippen LogP contribution in [0.3, 0.4) is 0 Å². The van der Waals surface area contributed by atoms with Crippen molar-refractivity contribution < 1.29 is 29.6 Å². The van der Waals surface area contributed by atoms with Gasteiger partial charge < -0.3 is 25.0 Å². The molecule has 1 aromatic carbocycles. The number of phenolic OH excluding ortho intramolecular Hbond substituents is 1. The van der Waals surface area contributed by atoms with Crippen LogP contribution in [-0.4, -0.2) is 49.8 Å². The van der Waals surface area contributed by atoms with Gasteiger partial charge in [-0.3, -0.25) is 4.79 Å². The summed E-state index contributed by atoms with van der Waals surface area (Å²) in [5.74, 6) is -1.39. The van der Waals surface area contributed by atoms with Gasteiger partial charge in [0.05, 0.1) is 18.2 Å². The Morgan fingerprint density at radius 2 is 1.94 bits per heavy atom. The molecule has 3 rings (SSSR count). The van der Waals surface area contributed by atoms with E-state index in [9.17, 15) is 24.9 Å². The van der Waals surface area contributed by atoms with Gasteiger partial charge in [-0.15, -0.1) is 0 Å². The van der Waals surface area contributed by atoms with E-state index in [0.717, 1.165) is 19.3 Å². The maximum atomic E-state index is 13.2. The van der Waals surface area contributed by atoms with Crippen molar-refractivity contribution in [2.75, 3.05) is 0 Å². The van der Waals surface area contributed by atoms with Gasteiger partial charge in [0.15, 0.2) is 0 Å². The molecule has 7 heteroatoms. The van der Waals surface area contributed by atoms with E-state index in [4.69, 9.17) is 4.74 Å². The van der Waals surface area contributed by atoms with Crippen LogP contribution >= 0.6 is 0 Å². The van der Waals surface area contributed by atoms with E-state index in [2.05, 4.69) is 32.9 Å². The number of hydrogen-bond acceptors (Lipinski definition) is 5. The lowest BCUT2D eigenvalue weighted by Gasteiger charge is -2.41. The number of carbonyl (C=O) groups excluding carboxylic acids is 1. The molecule has 36 heavy (non-hydrogen) atoms. The fourth-order valence-electron chi connectivity index (χ4n) is 5.15. The molecule has 0 aromatic heterocycles. The number of nitrogens with zero attached hydrogens (tertiary/aromatic N) is 1. The first kappa shape index (κ1) is 27.8. The van der Waals surface area contributed by atoms with Gasteiger partial charge in [0.2, 0.25) is 0 Å². The number of aliphatic hydroxyl groups is 1. The maximum Gasteiger partial charge on any atom is 0.326 e. The number of ether oxygens (including phenoxy) is 1. The summed E-state index contributed by atoms with van der Waals surface area (Å²) in [6, 6.07) is 0.427. The van der Waals surface area contributed by atoms with E-state index in [1.165, 1.54) is 22.1 Å². The summed E-state index contributed by atoms with van der Waals surface area (Å²) < 4.78 is 6.40. The lowest BCUT2D eigenvalue weighted by molar-refractivity contribution is -0.144. The van der Waals surface area contributed by atoms with Crippen LogP contribution in [0.1, 0.15) is 95.1 Å². The molecule has 2 heterocycles. The third-order valence-electron chi connectivity index (χ3n) is 7.72. The number of aromatic hydroxyl groups is 1. The SMILES string of the molecule is CCC(C)C(C(=O)O)N1Cc2c(cc(O)c3c2OC(C)(CCC=C(C)CCC=C(C)C)C(O)C3)C1=O. The van der Waals surface area contributed by atoms with Gasteiger partial charge in [0.1, 0.15) is 23.1 Å². The van der Waals surface area contributed by atoms with E-state index in [-0.39, 0.29) is 30.2 Å². The van der Waals surface area contributed by atoms with Gasteiger partial charge in [0, 0.05) is 17.5 Å². The molecule has 0 fully saturated rings. The highest BCUT2D eigenvalue weighted by molar-refractivity contribution is 6.02. The van der Waals surface area contributed by atoms with E-state index in [1.54, 1.807) is 0 Å². The summed E-state index contributed by atoms with van der Waals surface area (Å²) in [4.78, 5) is 26.6. The number of fused-ring (bicyclic) bond motifs is 3. The Morgan fingerprint density at radius 3 is 2.56 bits per heavy atom. The van der Waals surface area contributed by atoms with Crippen molar-refractivity contribution in [3.8, 4) is 11.5 Å². The van der Waals surface area contributed by atoms with Gasteiger partial charge in [-0.2, -0.15) is 0 Å². The first-order valence-electron chi connectivity index (χ1n) is 13.0. The monoisotopic (exact) mass is 499 g/mol. The Hall–Kier alpha value is -2.80. The highest BCUT2D eigenvalue weighted by Crippen LogP contribution is 2.47. The normalized spacial score (nSPS) is 23.0. The number of aliphatic hydroxyl groups excluding tert-OH is 1. The number of hydrogen-bond donors (Lipinski definition) is 3. The van der Waals surface area contributed by atoms with Gasteiger partial charge in [0.25, 0.3) is 5.91 Å². The second kappa shape index (κ2) is 11.1. The van der Waals surface area contributed by atoms with Crippen molar-refractivity contribution in [2.24, 2.45) is 5.92 Å². The number of benzene rings is 1. The second-order valence-corrected chi connectivity index (χ2v) is 10.9. The summed E-state index contributed by atoms with van der Waals surface area (Å²) in [5, 5.41) is 31.5. The molecule has 0 saturated heterocycles. The van der Waals surface area contributed by atoms with Crippen molar-refractivity contribution in [3.05, 3.63) is 46.1 Å². The molecule has 0 radical (unpaired) electrons. The van der Waals surface area contributed by atoms with Crippen LogP contribution in [0.2, 0.25) is 0 Å².